The first kappa shape index (κ1) is 20.5. The predicted molar refractivity (Wildman–Crippen MR) is 113 cm³/mol. The first-order valence-corrected chi connectivity index (χ1v) is 8.71. The van der Waals surface area contributed by atoms with Crippen molar-refractivity contribution in [2.24, 2.45) is 12.0 Å². The normalized spacial score (nSPS) is 17.1. The molecule has 142 valence electrons. The number of nitrogens with one attached hydrogen (secondary N) is 1. The SMILES string of the molecule is CCNC(=NCc1nncn1C)N1CCC(c2ccc(OC)cc2)C1.I. The summed E-state index contributed by atoms with van der Waals surface area (Å²) < 4.78 is 7.15. The van der Waals surface area contributed by atoms with Crippen LogP contribution in [0.15, 0.2) is 35.6 Å². The number of rotatable bonds is 5. The molecule has 1 aliphatic heterocycles. The van der Waals surface area contributed by atoms with Crippen LogP contribution >= 0.6 is 24.0 Å². The zero-order valence-corrected chi connectivity index (χ0v) is 17.9. The van der Waals surface area contributed by atoms with Crippen LogP contribution in [-0.4, -0.2) is 52.4 Å². The van der Waals surface area contributed by atoms with Crippen LogP contribution in [0.4, 0.5) is 0 Å². The van der Waals surface area contributed by atoms with E-state index in [1.54, 1.807) is 13.4 Å². The molecule has 1 unspecified atom stereocenters. The van der Waals surface area contributed by atoms with E-state index >= 15 is 0 Å². The topological polar surface area (TPSA) is 67.6 Å². The van der Waals surface area contributed by atoms with Crippen LogP contribution in [0.3, 0.4) is 0 Å². The second kappa shape index (κ2) is 9.75. The van der Waals surface area contributed by atoms with Gasteiger partial charge in [0, 0.05) is 32.6 Å². The zero-order valence-electron chi connectivity index (χ0n) is 15.6. The van der Waals surface area contributed by atoms with E-state index in [9.17, 15) is 0 Å². The maximum Gasteiger partial charge on any atom is 0.194 e. The van der Waals surface area contributed by atoms with Crippen molar-refractivity contribution in [1.82, 2.24) is 25.0 Å². The Balaban J connectivity index is 0.00000243. The molecule has 1 aliphatic rings. The average Bonchev–Trinajstić information content (AvgIpc) is 3.28. The minimum atomic E-state index is 0. The Morgan fingerprint density at radius 2 is 2.12 bits per heavy atom. The van der Waals surface area contributed by atoms with E-state index < -0.39 is 0 Å². The van der Waals surface area contributed by atoms with Crippen LogP contribution in [0.25, 0.3) is 0 Å². The molecule has 1 N–H and O–H groups in total. The molecular formula is C18H27IN6O. The van der Waals surface area contributed by atoms with Crippen LogP contribution in [0, 0.1) is 0 Å². The summed E-state index contributed by atoms with van der Waals surface area (Å²) in [7, 11) is 3.63. The maximum absolute atomic E-state index is 5.25. The lowest BCUT2D eigenvalue weighted by molar-refractivity contribution is 0.414. The monoisotopic (exact) mass is 470 g/mol. The molecule has 1 fully saturated rings. The Labute approximate surface area is 171 Å². The number of methoxy groups -OCH3 is 1. The summed E-state index contributed by atoms with van der Waals surface area (Å²) in [5.74, 6) is 3.23. The summed E-state index contributed by atoms with van der Waals surface area (Å²) in [4.78, 5) is 7.07. The number of benzene rings is 1. The summed E-state index contributed by atoms with van der Waals surface area (Å²) >= 11 is 0. The highest BCUT2D eigenvalue weighted by molar-refractivity contribution is 14.0. The summed E-state index contributed by atoms with van der Waals surface area (Å²) in [5.41, 5.74) is 1.35. The Hall–Kier alpha value is -1.84. The van der Waals surface area contributed by atoms with Gasteiger partial charge in [-0.05, 0) is 31.0 Å². The van der Waals surface area contributed by atoms with Gasteiger partial charge in [-0.15, -0.1) is 34.2 Å². The van der Waals surface area contributed by atoms with Crippen molar-refractivity contribution < 1.29 is 4.74 Å². The van der Waals surface area contributed by atoms with Crippen LogP contribution in [0.2, 0.25) is 0 Å². The maximum atomic E-state index is 5.25. The van der Waals surface area contributed by atoms with Crippen LogP contribution in [-0.2, 0) is 13.6 Å². The van der Waals surface area contributed by atoms with Crippen molar-refractivity contribution in [3.05, 3.63) is 42.0 Å². The van der Waals surface area contributed by atoms with Crippen LogP contribution in [0.5, 0.6) is 5.75 Å². The van der Waals surface area contributed by atoms with Crippen molar-refractivity contribution in [3.63, 3.8) is 0 Å². The van der Waals surface area contributed by atoms with E-state index in [1.807, 2.05) is 23.7 Å². The van der Waals surface area contributed by atoms with E-state index in [0.29, 0.717) is 12.5 Å². The van der Waals surface area contributed by atoms with E-state index in [1.165, 1.54) is 5.56 Å². The second-order valence-corrected chi connectivity index (χ2v) is 6.23. The van der Waals surface area contributed by atoms with Gasteiger partial charge in [-0.25, -0.2) is 4.99 Å². The van der Waals surface area contributed by atoms with Gasteiger partial charge >= 0.3 is 0 Å². The average molecular weight is 470 g/mol. The molecular weight excluding hydrogens is 443 g/mol. The van der Waals surface area contributed by atoms with E-state index in [0.717, 1.165) is 43.6 Å². The number of halogens is 1. The van der Waals surface area contributed by atoms with Gasteiger partial charge < -0.3 is 19.5 Å². The number of likely N-dealkylation sites (tertiary alicyclic amines) is 1. The lowest BCUT2D eigenvalue weighted by atomic mass is 9.98. The van der Waals surface area contributed by atoms with E-state index in [-0.39, 0.29) is 24.0 Å². The van der Waals surface area contributed by atoms with E-state index in [4.69, 9.17) is 9.73 Å². The molecule has 1 atom stereocenters. The second-order valence-electron chi connectivity index (χ2n) is 6.23. The fraction of sp³-hybridized carbons (Fsp3) is 0.500. The van der Waals surface area contributed by atoms with E-state index in [2.05, 4.69) is 39.5 Å². The molecule has 8 heteroatoms. The minimum Gasteiger partial charge on any atom is -0.497 e. The molecule has 1 aromatic carbocycles. The molecule has 3 rings (SSSR count). The number of guanidine groups is 1. The smallest absolute Gasteiger partial charge is 0.194 e. The first-order chi connectivity index (χ1) is 12.2. The largest absolute Gasteiger partial charge is 0.497 e. The van der Waals surface area contributed by atoms with Gasteiger partial charge in [0.25, 0.3) is 0 Å². The molecule has 0 saturated carbocycles. The molecule has 0 radical (unpaired) electrons. The summed E-state index contributed by atoms with van der Waals surface area (Å²) in [5, 5.41) is 11.4. The number of ether oxygens (including phenoxy) is 1. The van der Waals surface area contributed by atoms with Gasteiger partial charge in [-0.2, -0.15) is 0 Å². The van der Waals surface area contributed by atoms with Gasteiger partial charge in [0.15, 0.2) is 11.8 Å². The fourth-order valence-corrected chi connectivity index (χ4v) is 3.12. The minimum absolute atomic E-state index is 0. The Morgan fingerprint density at radius 3 is 2.73 bits per heavy atom. The Kier molecular flexibility index (Phi) is 7.67. The lowest BCUT2D eigenvalue weighted by Gasteiger charge is -2.21. The van der Waals surface area contributed by atoms with Gasteiger partial charge in [0.05, 0.1) is 7.11 Å². The molecule has 0 spiro atoms. The Morgan fingerprint density at radius 1 is 1.35 bits per heavy atom. The highest BCUT2D eigenvalue weighted by Crippen LogP contribution is 2.28. The quantitative estimate of drug-likeness (QED) is 0.413. The molecule has 0 aliphatic carbocycles. The van der Waals surface area contributed by atoms with Crippen molar-refractivity contribution in [1.29, 1.82) is 0 Å². The summed E-state index contributed by atoms with van der Waals surface area (Å²) in [6, 6.07) is 8.39. The number of hydrogen-bond acceptors (Lipinski definition) is 4. The number of aliphatic imine (C=N–C) groups is 1. The lowest BCUT2D eigenvalue weighted by Crippen LogP contribution is -2.40. The number of hydrogen-bond donors (Lipinski definition) is 1. The van der Waals surface area contributed by atoms with Crippen LogP contribution < -0.4 is 10.1 Å². The molecule has 1 aromatic heterocycles. The molecule has 26 heavy (non-hydrogen) atoms. The molecule has 0 amide bonds. The van der Waals surface area contributed by atoms with Crippen molar-refractivity contribution in [2.75, 3.05) is 26.7 Å². The molecule has 2 aromatic rings. The fourth-order valence-electron chi connectivity index (χ4n) is 3.12. The number of nitrogens with zero attached hydrogens (tertiary/aromatic N) is 5. The van der Waals surface area contributed by atoms with Gasteiger partial charge in [0.1, 0.15) is 18.6 Å². The van der Waals surface area contributed by atoms with Crippen molar-refractivity contribution in [3.8, 4) is 5.75 Å². The third-order valence-electron chi connectivity index (χ3n) is 4.59. The standard InChI is InChI=1S/C18H26N6O.HI/c1-4-19-18(20-11-17-22-21-13-23(17)2)24-10-9-15(12-24)14-5-7-16(25-3)8-6-14;/h5-8,13,15H,4,9-12H2,1-3H3,(H,19,20);1H. The van der Waals surface area contributed by atoms with Crippen molar-refractivity contribution in [2.45, 2.75) is 25.8 Å². The van der Waals surface area contributed by atoms with Gasteiger partial charge in [-0.1, -0.05) is 12.1 Å². The third-order valence-corrected chi connectivity index (χ3v) is 4.59. The molecule has 0 bridgehead atoms. The summed E-state index contributed by atoms with van der Waals surface area (Å²) in [6.45, 7) is 5.44. The molecule has 1 saturated heterocycles. The van der Waals surface area contributed by atoms with Crippen LogP contribution in [0.1, 0.15) is 30.7 Å². The van der Waals surface area contributed by atoms with Gasteiger partial charge in [-0.3, -0.25) is 0 Å². The molecule has 7 nitrogen and oxygen atoms in total. The number of aryl methyl sites for hydroxylation is 1. The van der Waals surface area contributed by atoms with Crippen molar-refractivity contribution >= 4 is 29.9 Å². The highest BCUT2D eigenvalue weighted by Gasteiger charge is 2.26. The molecule has 2 heterocycles. The zero-order chi connectivity index (χ0) is 17.6. The summed E-state index contributed by atoms with van der Waals surface area (Å²) in [6.07, 6.45) is 2.83. The first-order valence-electron chi connectivity index (χ1n) is 8.71. The predicted octanol–water partition coefficient (Wildman–Crippen LogP) is 2.40. The Bertz CT molecular complexity index is 715. The number of aromatic nitrogens is 3. The third kappa shape index (κ3) is 4.87. The van der Waals surface area contributed by atoms with Gasteiger partial charge in [0.2, 0.25) is 0 Å². The highest BCUT2D eigenvalue weighted by atomic mass is 127.